The van der Waals surface area contributed by atoms with Crippen LogP contribution >= 0.6 is 0 Å². The molecule has 150 valence electrons. The summed E-state index contributed by atoms with van der Waals surface area (Å²) in [7, 11) is 1.91. The van der Waals surface area contributed by atoms with Gasteiger partial charge in [0.2, 0.25) is 11.8 Å². The highest BCUT2D eigenvalue weighted by molar-refractivity contribution is 5.82. The Labute approximate surface area is 170 Å². The van der Waals surface area contributed by atoms with Gasteiger partial charge in [-0.15, -0.1) is 0 Å². The maximum absolute atomic E-state index is 6.07. The Balaban J connectivity index is 1.80. The second kappa shape index (κ2) is 7.99. The van der Waals surface area contributed by atoms with Crippen molar-refractivity contribution in [1.29, 1.82) is 0 Å². The first kappa shape index (κ1) is 19.1. The zero-order chi connectivity index (χ0) is 20.4. The van der Waals surface area contributed by atoms with Crippen LogP contribution in [0.4, 0.5) is 0 Å². The van der Waals surface area contributed by atoms with Crippen LogP contribution in [-0.4, -0.2) is 33.2 Å². The van der Waals surface area contributed by atoms with Crippen LogP contribution in [0.1, 0.15) is 35.7 Å². The van der Waals surface area contributed by atoms with E-state index in [1.54, 1.807) is 10.9 Å². The highest BCUT2D eigenvalue weighted by atomic mass is 16.5. The number of nitrogens with one attached hydrogen (secondary N) is 1. The lowest BCUT2D eigenvalue weighted by Gasteiger charge is -2.10. The number of H-pyrrole nitrogens is 1. The number of fused-ring (bicyclic) bond motifs is 5. The number of rotatable bonds is 1. The third kappa shape index (κ3) is 3.70. The lowest BCUT2D eigenvalue weighted by molar-refractivity contribution is 0.231. The second-order valence-corrected chi connectivity index (χ2v) is 7.19. The molecule has 6 nitrogen and oxygen atoms in total. The fourth-order valence-electron chi connectivity index (χ4n) is 3.58. The van der Waals surface area contributed by atoms with Crippen molar-refractivity contribution in [2.75, 3.05) is 13.2 Å². The quantitative estimate of drug-likeness (QED) is 0.661. The van der Waals surface area contributed by atoms with E-state index in [1.807, 2.05) is 13.1 Å². The van der Waals surface area contributed by atoms with Gasteiger partial charge >= 0.3 is 0 Å². The molecule has 0 amide bonds. The summed E-state index contributed by atoms with van der Waals surface area (Å²) in [5, 5.41) is 11.7. The molecule has 0 radical (unpaired) electrons. The van der Waals surface area contributed by atoms with Crippen molar-refractivity contribution in [2.24, 2.45) is 7.05 Å². The Kier molecular flexibility index (Phi) is 5.25. The van der Waals surface area contributed by atoms with Gasteiger partial charge in [-0.25, -0.2) is 9.78 Å². The summed E-state index contributed by atoms with van der Waals surface area (Å²) in [6.45, 7) is 9.57. The largest absolute Gasteiger partial charge is 0.477 e. The molecule has 0 saturated carbocycles. The van der Waals surface area contributed by atoms with Gasteiger partial charge in [-0.05, 0) is 47.8 Å². The molecule has 0 atom stereocenters. The van der Waals surface area contributed by atoms with E-state index in [1.165, 1.54) is 0 Å². The van der Waals surface area contributed by atoms with Crippen molar-refractivity contribution in [3.05, 3.63) is 59.4 Å². The molecule has 0 unspecified atom stereocenters. The molecule has 6 heteroatoms. The number of nitrogens with zero attached hydrogens (tertiary/aromatic N) is 3. The van der Waals surface area contributed by atoms with Crippen molar-refractivity contribution in [3.63, 3.8) is 0 Å². The van der Waals surface area contributed by atoms with Gasteiger partial charge in [0.1, 0.15) is 0 Å². The van der Waals surface area contributed by atoms with E-state index < -0.39 is 0 Å². The van der Waals surface area contributed by atoms with Gasteiger partial charge in [-0.2, -0.15) is 10.2 Å². The Morgan fingerprint density at radius 3 is 2.83 bits per heavy atom. The van der Waals surface area contributed by atoms with Gasteiger partial charge in [-0.1, -0.05) is 31.7 Å². The van der Waals surface area contributed by atoms with Crippen molar-refractivity contribution >= 4 is 11.6 Å². The Morgan fingerprint density at radius 1 is 1.17 bits per heavy atom. The number of benzene rings is 1. The van der Waals surface area contributed by atoms with E-state index in [9.17, 15) is 0 Å². The summed E-state index contributed by atoms with van der Waals surface area (Å²) in [6, 6.07) is 6.33. The average Bonchev–Trinajstić information content (AvgIpc) is 3.30. The fraction of sp³-hybridized carbons (Fsp3) is 0.304. The van der Waals surface area contributed by atoms with Crippen molar-refractivity contribution in [3.8, 4) is 22.9 Å². The molecule has 3 aromatic rings. The molecular formula is C23H26N4O2. The van der Waals surface area contributed by atoms with E-state index in [0.29, 0.717) is 19.1 Å². The smallest absolute Gasteiger partial charge is 0.219 e. The van der Waals surface area contributed by atoms with Gasteiger partial charge < -0.3 is 9.47 Å². The first-order valence-electron chi connectivity index (χ1n) is 9.91. The van der Waals surface area contributed by atoms with Crippen LogP contribution in [0.2, 0.25) is 0 Å². The molecular weight excluding hydrogens is 364 g/mol. The zero-order valence-electron chi connectivity index (χ0n) is 17.2. The van der Waals surface area contributed by atoms with Crippen LogP contribution in [0, 0.1) is 6.92 Å². The predicted octanol–water partition coefficient (Wildman–Crippen LogP) is 4.57. The Morgan fingerprint density at radius 2 is 2.00 bits per heavy atom. The van der Waals surface area contributed by atoms with Gasteiger partial charge in [0.25, 0.3) is 0 Å². The third-order valence-corrected chi connectivity index (χ3v) is 5.16. The second-order valence-electron chi connectivity index (χ2n) is 7.19. The number of hydrogen-bond donors (Lipinski definition) is 1. The number of allylic oxidation sites excluding steroid dienone is 2. The maximum atomic E-state index is 6.07. The number of aromatic amines is 1. The van der Waals surface area contributed by atoms with E-state index in [-0.39, 0.29) is 0 Å². The number of ether oxygens (including phenoxy) is 2. The lowest BCUT2D eigenvalue weighted by Crippen LogP contribution is -2.08. The highest BCUT2D eigenvalue weighted by Crippen LogP contribution is 2.32. The Bertz CT molecular complexity index is 1070. The molecule has 0 fully saturated rings. The van der Waals surface area contributed by atoms with E-state index in [4.69, 9.17) is 9.47 Å². The van der Waals surface area contributed by atoms with Crippen molar-refractivity contribution < 1.29 is 9.47 Å². The molecule has 4 rings (SSSR count). The van der Waals surface area contributed by atoms with Crippen LogP contribution in [0.25, 0.3) is 22.8 Å². The molecule has 1 N–H and O–H groups in total. The van der Waals surface area contributed by atoms with Crippen LogP contribution in [0.15, 0.2) is 37.1 Å². The van der Waals surface area contributed by atoms with Crippen LogP contribution in [0.5, 0.6) is 11.8 Å². The first-order chi connectivity index (χ1) is 14.1. The molecule has 1 aliphatic rings. The minimum Gasteiger partial charge on any atom is -0.477 e. The molecule has 3 heterocycles. The molecule has 0 saturated heterocycles. The molecule has 29 heavy (non-hydrogen) atoms. The van der Waals surface area contributed by atoms with E-state index in [0.717, 1.165) is 57.8 Å². The molecule has 1 aromatic carbocycles. The average molecular weight is 390 g/mol. The molecule has 1 aliphatic heterocycles. The minimum absolute atomic E-state index is 0.532. The van der Waals surface area contributed by atoms with Crippen LogP contribution in [0.3, 0.4) is 0 Å². The number of aromatic nitrogens is 4. The summed E-state index contributed by atoms with van der Waals surface area (Å²) in [5.41, 5.74) is 7.20. The molecule has 2 aromatic heterocycles. The molecule has 0 spiro atoms. The van der Waals surface area contributed by atoms with Crippen molar-refractivity contribution in [2.45, 2.75) is 26.7 Å². The topological polar surface area (TPSA) is 65.0 Å². The van der Waals surface area contributed by atoms with Crippen LogP contribution in [-0.2, 0) is 13.5 Å². The lowest BCUT2D eigenvalue weighted by atomic mass is 9.96. The van der Waals surface area contributed by atoms with Gasteiger partial charge in [0, 0.05) is 13.5 Å². The summed E-state index contributed by atoms with van der Waals surface area (Å²) in [6.07, 6.45) is 7.49. The van der Waals surface area contributed by atoms with Gasteiger partial charge in [0.15, 0.2) is 0 Å². The van der Waals surface area contributed by atoms with Gasteiger partial charge in [0.05, 0.1) is 36.2 Å². The molecule has 0 aliphatic carbocycles. The third-order valence-electron chi connectivity index (χ3n) is 5.16. The summed E-state index contributed by atoms with van der Waals surface area (Å²) in [5.74, 6) is 1.44. The zero-order valence-corrected chi connectivity index (χ0v) is 17.2. The summed E-state index contributed by atoms with van der Waals surface area (Å²) >= 11 is 0. The fourth-order valence-corrected chi connectivity index (χ4v) is 3.58. The minimum atomic E-state index is 0.532. The monoisotopic (exact) mass is 390 g/mol. The first-order valence-corrected chi connectivity index (χ1v) is 9.91. The predicted molar refractivity (Wildman–Crippen MR) is 115 cm³/mol. The normalized spacial score (nSPS) is 15.3. The van der Waals surface area contributed by atoms with Crippen molar-refractivity contribution in [1.82, 2.24) is 20.0 Å². The SMILES string of the molecule is C=C1/C=C/c2c(CC)nn(C)c2OCCCOc2[nH]ncc2-c2ccc(C)c1c2. The van der Waals surface area contributed by atoms with E-state index in [2.05, 4.69) is 60.0 Å². The van der Waals surface area contributed by atoms with Gasteiger partial charge in [-0.3, -0.25) is 0 Å². The van der Waals surface area contributed by atoms with Crippen LogP contribution < -0.4 is 9.47 Å². The number of hydrogen-bond acceptors (Lipinski definition) is 4. The van der Waals surface area contributed by atoms with E-state index >= 15 is 0 Å². The summed E-state index contributed by atoms with van der Waals surface area (Å²) < 4.78 is 13.8. The Hall–Kier alpha value is -3.28. The molecule has 2 bridgehead atoms. The maximum Gasteiger partial charge on any atom is 0.219 e. The standard InChI is InChI=1S/C23H26N4O2/c1-5-21-18-10-8-16(3)19-13-17(9-7-15(19)2)20-14-24-25-22(20)28-11-6-12-29-23(18)27(4)26-21/h7-10,13-14H,3,5-6,11-12H2,1-2,4H3,(H,24,25)/b10-8+. The number of aryl methyl sites for hydroxylation is 3. The highest BCUT2D eigenvalue weighted by Gasteiger charge is 2.16. The summed E-state index contributed by atoms with van der Waals surface area (Å²) in [4.78, 5) is 0.